The average Bonchev–Trinajstić information content (AvgIpc) is 2.45. The van der Waals surface area contributed by atoms with Crippen molar-refractivity contribution in [1.29, 1.82) is 0 Å². The highest BCUT2D eigenvalue weighted by Gasteiger charge is 2.31. The Bertz CT molecular complexity index is 815. The minimum absolute atomic E-state index is 0.146. The van der Waals surface area contributed by atoms with Gasteiger partial charge in [-0.1, -0.05) is 29.8 Å². The van der Waals surface area contributed by atoms with Crippen LogP contribution in [0.5, 0.6) is 0 Å². The number of benzene rings is 1. The molecule has 0 saturated carbocycles. The standard InChI is InChI=1S/C15H8ClF3N2/c16-14-7-11(15(17,18)19)6-13(21-14)10-5-9-3-1-2-4-12(9)20-8-10/h1-8H. The number of fused-ring (bicyclic) bond motifs is 1. The maximum Gasteiger partial charge on any atom is 0.416 e. The van der Waals surface area contributed by atoms with Gasteiger partial charge >= 0.3 is 6.18 Å². The first-order valence-corrected chi connectivity index (χ1v) is 6.41. The Balaban J connectivity index is 2.16. The van der Waals surface area contributed by atoms with E-state index in [-0.39, 0.29) is 10.8 Å². The van der Waals surface area contributed by atoms with Crippen LogP contribution in [0.15, 0.2) is 48.7 Å². The highest BCUT2D eigenvalue weighted by molar-refractivity contribution is 6.29. The molecule has 2 heterocycles. The SMILES string of the molecule is FC(F)(F)c1cc(Cl)nc(-c2cnc3ccccc3c2)c1. The molecule has 0 aliphatic heterocycles. The Morgan fingerprint density at radius 2 is 1.76 bits per heavy atom. The highest BCUT2D eigenvalue weighted by atomic mass is 35.5. The molecular formula is C15H8ClF3N2. The second-order valence-electron chi connectivity index (χ2n) is 4.48. The molecule has 0 aliphatic carbocycles. The van der Waals surface area contributed by atoms with E-state index in [1.165, 1.54) is 6.20 Å². The monoisotopic (exact) mass is 308 g/mol. The van der Waals surface area contributed by atoms with Gasteiger partial charge in [0.05, 0.1) is 16.8 Å². The molecule has 6 heteroatoms. The molecule has 21 heavy (non-hydrogen) atoms. The molecule has 2 aromatic heterocycles. The lowest BCUT2D eigenvalue weighted by molar-refractivity contribution is -0.137. The minimum Gasteiger partial charge on any atom is -0.256 e. The van der Waals surface area contributed by atoms with Crippen LogP contribution in [0, 0.1) is 0 Å². The van der Waals surface area contributed by atoms with E-state index >= 15 is 0 Å². The van der Waals surface area contributed by atoms with Gasteiger partial charge in [0, 0.05) is 17.1 Å². The molecule has 106 valence electrons. The van der Waals surface area contributed by atoms with Gasteiger partial charge in [-0.2, -0.15) is 13.2 Å². The summed E-state index contributed by atoms with van der Waals surface area (Å²) in [5, 5.41) is 0.623. The zero-order chi connectivity index (χ0) is 15.0. The first-order chi connectivity index (χ1) is 9.93. The van der Waals surface area contributed by atoms with Gasteiger partial charge in [-0.25, -0.2) is 4.98 Å². The zero-order valence-electron chi connectivity index (χ0n) is 10.5. The van der Waals surface area contributed by atoms with Gasteiger partial charge in [0.15, 0.2) is 0 Å². The molecule has 0 radical (unpaired) electrons. The first kappa shape index (κ1) is 13.8. The predicted molar refractivity (Wildman–Crippen MR) is 75.0 cm³/mol. The van der Waals surface area contributed by atoms with E-state index in [1.807, 2.05) is 24.3 Å². The molecule has 0 atom stereocenters. The smallest absolute Gasteiger partial charge is 0.256 e. The van der Waals surface area contributed by atoms with Crippen molar-refractivity contribution in [1.82, 2.24) is 9.97 Å². The first-order valence-electron chi connectivity index (χ1n) is 6.03. The van der Waals surface area contributed by atoms with Crippen molar-refractivity contribution < 1.29 is 13.2 Å². The Kier molecular flexibility index (Phi) is 3.29. The van der Waals surface area contributed by atoms with E-state index in [0.29, 0.717) is 5.56 Å². The predicted octanol–water partition coefficient (Wildman–Crippen LogP) is 4.97. The van der Waals surface area contributed by atoms with Crippen LogP contribution in [0.2, 0.25) is 5.15 Å². The van der Waals surface area contributed by atoms with E-state index < -0.39 is 11.7 Å². The number of alkyl halides is 3. The summed E-state index contributed by atoms with van der Waals surface area (Å²) in [6.07, 6.45) is -2.98. The molecule has 0 spiro atoms. The summed E-state index contributed by atoms with van der Waals surface area (Å²) in [7, 11) is 0. The molecule has 2 nitrogen and oxygen atoms in total. The summed E-state index contributed by atoms with van der Waals surface area (Å²) in [4.78, 5) is 8.16. The molecular weight excluding hydrogens is 301 g/mol. The lowest BCUT2D eigenvalue weighted by Crippen LogP contribution is -2.05. The lowest BCUT2D eigenvalue weighted by atomic mass is 10.1. The maximum atomic E-state index is 12.8. The number of halogens is 4. The molecule has 0 fully saturated rings. The average molecular weight is 309 g/mol. The third-order valence-corrected chi connectivity index (χ3v) is 3.20. The van der Waals surface area contributed by atoms with Crippen LogP contribution in [0.3, 0.4) is 0 Å². The van der Waals surface area contributed by atoms with Crippen LogP contribution >= 0.6 is 11.6 Å². The fourth-order valence-electron chi connectivity index (χ4n) is 2.02. The van der Waals surface area contributed by atoms with Crippen LogP contribution in [-0.4, -0.2) is 9.97 Å². The van der Waals surface area contributed by atoms with Gasteiger partial charge in [-0.15, -0.1) is 0 Å². The van der Waals surface area contributed by atoms with Gasteiger partial charge in [0.1, 0.15) is 5.15 Å². The van der Waals surface area contributed by atoms with E-state index in [4.69, 9.17) is 11.6 Å². The van der Waals surface area contributed by atoms with Crippen LogP contribution < -0.4 is 0 Å². The lowest BCUT2D eigenvalue weighted by Gasteiger charge is -2.09. The molecule has 3 aromatic rings. The van der Waals surface area contributed by atoms with Gasteiger partial charge in [-0.3, -0.25) is 4.98 Å². The largest absolute Gasteiger partial charge is 0.416 e. The fraction of sp³-hybridized carbons (Fsp3) is 0.0667. The highest BCUT2D eigenvalue weighted by Crippen LogP contribution is 2.33. The van der Waals surface area contributed by atoms with Crippen molar-refractivity contribution >= 4 is 22.5 Å². The summed E-state index contributed by atoms with van der Waals surface area (Å²) >= 11 is 5.69. The quantitative estimate of drug-likeness (QED) is 0.593. The Hall–Kier alpha value is -2.14. The van der Waals surface area contributed by atoms with Crippen molar-refractivity contribution in [2.24, 2.45) is 0 Å². The Labute approximate surface area is 123 Å². The van der Waals surface area contributed by atoms with Crippen LogP contribution in [-0.2, 0) is 6.18 Å². The van der Waals surface area contributed by atoms with E-state index in [2.05, 4.69) is 9.97 Å². The van der Waals surface area contributed by atoms with Crippen molar-refractivity contribution in [2.45, 2.75) is 6.18 Å². The van der Waals surface area contributed by atoms with Crippen molar-refractivity contribution in [3.63, 3.8) is 0 Å². The zero-order valence-corrected chi connectivity index (χ0v) is 11.3. The van der Waals surface area contributed by atoms with Gasteiger partial charge in [-0.05, 0) is 24.3 Å². The topological polar surface area (TPSA) is 25.8 Å². The van der Waals surface area contributed by atoms with E-state index in [1.54, 1.807) is 6.07 Å². The number of nitrogens with zero attached hydrogens (tertiary/aromatic N) is 2. The second kappa shape index (κ2) is 5.00. The molecule has 0 amide bonds. The molecule has 3 rings (SSSR count). The molecule has 0 N–H and O–H groups in total. The van der Waals surface area contributed by atoms with Crippen molar-refractivity contribution in [3.05, 3.63) is 59.4 Å². The van der Waals surface area contributed by atoms with E-state index in [9.17, 15) is 13.2 Å². The number of aromatic nitrogens is 2. The third kappa shape index (κ3) is 2.83. The van der Waals surface area contributed by atoms with E-state index in [0.717, 1.165) is 23.0 Å². The summed E-state index contributed by atoms with van der Waals surface area (Å²) < 4.78 is 38.4. The Morgan fingerprint density at radius 1 is 1.00 bits per heavy atom. The Morgan fingerprint density at radius 3 is 2.52 bits per heavy atom. The van der Waals surface area contributed by atoms with Crippen LogP contribution in [0.1, 0.15) is 5.56 Å². The van der Waals surface area contributed by atoms with Gasteiger partial charge in [0.25, 0.3) is 0 Å². The summed E-state index contributed by atoms with van der Waals surface area (Å²) in [6, 6.07) is 10.8. The number of para-hydroxylation sites is 1. The van der Waals surface area contributed by atoms with Gasteiger partial charge in [0.2, 0.25) is 0 Å². The van der Waals surface area contributed by atoms with Crippen molar-refractivity contribution in [2.75, 3.05) is 0 Å². The summed E-state index contributed by atoms with van der Waals surface area (Å²) in [6.45, 7) is 0. The molecule has 1 aromatic carbocycles. The summed E-state index contributed by atoms with van der Waals surface area (Å²) in [5.41, 5.74) is 0.569. The normalized spacial score (nSPS) is 11.8. The third-order valence-electron chi connectivity index (χ3n) is 3.01. The molecule has 0 saturated heterocycles. The van der Waals surface area contributed by atoms with Crippen LogP contribution in [0.4, 0.5) is 13.2 Å². The number of hydrogen-bond acceptors (Lipinski definition) is 2. The molecule has 0 aliphatic rings. The van der Waals surface area contributed by atoms with Crippen LogP contribution in [0.25, 0.3) is 22.2 Å². The molecule has 0 unspecified atom stereocenters. The maximum absolute atomic E-state index is 12.8. The number of pyridine rings is 2. The minimum atomic E-state index is -4.47. The number of hydrogen-bond donors (Lipinski definition) is 0. The molecule has 0 bridgehead atoms. The number of rotatable bonds is 1. The van der Waals surface area contributed by atoms with Gasteiger partial charge < -0.3 is 0 Å². The fourth-order valence-corrected chi connectivity index (χ4v) is 2.23. The summed E-state index contributed by atoms with van der Waals surface area (Å²) in [5.74, 6) is 0. The second-order valence-corrected chi connectivity index (χ2v) is 4.87. The van der Waals surface area contributed by atoms with Crippen molar-refractivity contribution in [3.8, 4) is 11.3 Å².